The summed E-state index contributed by atoms with van der Waals surface area (Å²) in [5.74, 6) is -0.119. The largest absolute Gasteiger partial charge is 0.442 e. The Bertz CT molecular complexity index is 1130. The van der Waals surface area contributed by atoms with Gasteiger partial charge in [-0.3, -0.25) is 14.6 Å². The number of alkyl halides is 1. The van der Waals surface area contributed by atoms with Crippen molar-refractivity contribution in [3.05, 3.63) is 54.2 Å². The zero-order valence-electron chi connectivity index (χ0n) is 19.0. The van der Waals surface area contributed by atoms with E-state index in [1.165, 1.54) is 7.11 Å². The highest BCUT2D eigenvalue weighted by Gasteiger charge is 2.29. The van der Waals surface area contributed by atoms with E-state index in [0.717, 1.165) is 32.3 Å². The van der Waals surface area contributed by atoms with Crippen molar-refractivity contribution in [2.24, 2.45) is 0 Å². The summed E-state index contributed by atoms with van der Waals surface area (Å²) in [5.41, 5.74) is 1.04. The number of hydrogen-bond acceptors (Lipinski definition) is 5. The molecule has 3 rings (SSSR count). The number of carbonyl (C=O) groups excluding carboxylic acids is 2. The number of likely N-dealkylation sites (N-methyl/N-ethyl adjacent to an activating group) is 1. The average molecular weight is 502 g/mol. The number of hydroxylamine groups is 2. The van der Waals surface area contributed by atoms with E-state index in [1.54, 1.807) is 32.7 Å². The summed E-state index contributed by atoms with van der Waals surface area (Å²) in [5, 5.41) is 4.39. The fraction of sp³-hybridized carbons (Fsp3) is 0.375. The van der Waals surface area contributed by atoms with Gasteiger partial charge in [0.2, 0.25) is 5.91 Å². The highest BCUT2D eigenvalue weighted by atomic mass is 79.9. The minimum atomic E-state index is -0.672. The number of ether oxygens (including phenoxy) is 1. The maximum absolute atomic E-state index is 12.7. The second-order valence-corrected chi connectivity index (χ2v) is 9.06. The number of pyridine rings is 1. The molecule has 3 aromatic rings. The van der Waals surface area contributed by atoms with Crippen LogP contribution in [-0.4, -0.2) is 58.6 Å². The maximum Gasteiger partial charge on any atom is 0.434 e. The molecule has 0 saturated heterocycles. The Kier molecular flexibility index (Phi) is 7.36. The zero-order chi connectivity index (χ0) is 23.5. The molecule has 32 heavy (non-hydrogen) atoms. The molecular formula is C24H28BrN3O4. The van der Waals surface area contributed by atoms with Gasteiger partial charge in [-0.2, -0.15) is 5.06 Å². The van der Waals surface area contributed by atoms with E-state index in [-0.39, 0.29) is 17.8 Å². The number of aromatic nitrogens is 1. The van der Waals surface area contributed by atoms with Gasteiger partial charge in [0.15, 0.2) is 0 Å². The second kappa shape index (κ2) is 9.83. The molecule has 0 saturated carbocycles. The Morgan fingerprint density at radius 3 is 2.50 bits per heavy atom. The maximum atomic E-state index is 12.7. The van der Waals surface area contributed by atoms with Crippen LogP contribution in [0.2, 0.25) is 0 Å². The minimum absolute atomic E-state index is 0.102. The van der Waals surface area contributed by atoms with E-state index in [4.69, 9.17) is 9.57 Å². The third-order valence-corrected chi connectivity index (χ3v) is 5.61. The van der Waals surface area contributed by atoms with Crippen LogP contribution < -0.4 is 0 Å². The molecule has 0 N–H and O–H groups in total. The summed E-state index contributed by atoms with van der Waals surface area (Å²) in [4.78, 5) is 36.7. The monoisotopic (exact) mass is 501 g/mol. The van der Waals surface area contributed by atoms with Gasteiger partial charge >= 0.3 is 6.09 Å². The summed E-state index contributed by atoms with van der Waals surface area (Å²) in [6, 6.07) is 13.4. The summed E-state index contributed by atoms with van der Waals surface area (Å²) in [6.07, 6.45) is 1.24. The summed E-state index contributed by atoms with van der Waals surface area (Å²) < 4.78 is 5.46. The molecule has 1 heterocycles. The predicted octanol–water partition coefficient (Wildman–Crippen LogP) is 5.08. The van der Waals surface area contributed by atoms with Crippen LogP contribution in [0.25, 0.3) is 21.7 Å². The van der Waals surface area contributed by atoms with Crippen LogP contribution in [0, 0.1) is 0 Å². The van der Waals surface area contributed by atoms with Crippen molar-refractivity contribution in [3.63, 3.8) is 0 Å². The molecule has 1 unspecified atom stereocenters. The number of amides is 2. The summed E-state index contributed by atoms with van der Waals surface area (Å²) in [7, 11) is 3.12. The van der Waals surface area contributed by atoms with Crippen molar-refractivity contribution in [2.45, 2.75) is 32.4 Å². The highest BCUT2D eigenvalue weighted by Crippen LogP contribution is 2.29. The smallest absolute Gasteiger partial charge is 0.434 e. The number of nitrogens with zero attached hydrogens (tertiary/aromatic N) is 3. The summed E-state index contributed by atoms with van der Waals surface area (Å²) in [6.45, 7) is 5.47. The van der Waals surface area contributed by atoms with Crippen molar-refractivity contribution < 1.29 is 19.2 Å². The fourth-order valence-electron chi connectivity index (χ4n) is 3.50. The molecule has 0 aliphatic heterocycles. The van der Waals surface area contributed by atoms with Crippen molar-refractivity contribution in [1.82, 2.24) is 14.9 Å². The van der Waals surface area contributed by atoms with E-state index in [1.807, 2.05) is 48.7 Å². The summed E-state index contributed by atoms with van der Waals surface area (Å²) >= 11 is 3.24. The third-order valence-electron chi connectivity index (χ3n) is 5.13. The van der Waals surface area contributed by atoms with Crippen LogP contribution in [0.3, 0.4) is 0 Å². The van der Waals surface area contributed by atoms with Gasteiger partial charge in [-0.25, -0.2) is 4.79 Å². The van der Waals surface area contributed by atoms with Gasteiger partial charge < -0.3 is 9.64 Å². The fourth-order valence-corrected chi connectivity index (χ4v) is 3.89. The molecule has 0 aliphatic carbocycles. The van der Waals surface area contributed by atoms with Gasteiger partial charge in [0, 0.05) is 24.0 Å². The molecular weight excluding hydrogens is 474 g/mol. The van der Waals surface area contributed by atoms with Crippen LogP contribution in [0.5, 0.6) is 0 Å². The Morgan fingerprint density at radius 2 is 1.84 bits per heavy atom. The first kappa shape index (κ1) is 23.9. The first-order valence-electron chi connectivity index (χ1n) is 10.3. The normalized spacial score (nSPS) is 12.6. The Labute approximate surface area is 196 Å². The standard InChI is InChI=1S/C24H28BrN3O4/c1-24(2,3)32-23(30)28(31-5)15-21(27(4)22(29)13-25)16-10-11-20-19(12-16)18-9-7-6-8-17(18)14-26-20/h6-12,14,21H,13,15H2,1-5H3. The van der Waals surface area contributed by atoms with Crippen LogP contribution in [0.4, 0.5) is 4.79 Å². The number of carbonyl (C=O) groups is 2. The van der Waals surface area contributed by atoms with Gasteiger partial charge in [0.25, 0.3) is 0 Å². The lowest BCUT2D eigenvalue weighted by molar-refractivity contribution is -0.143. The molecule has 0 spiro atoms. The van der Waals surface area contributed by atoms with Gasteiger partial charge in [-0.15, -0.1) is 0 Å². The predicted molar refractivity (Wildman–Crippen MR) is 129 cm³/mol. The minimum Gasteiger partial charge on any atom is -0.442 e. The molecule has 1 aromatic heterocycles. The number of hydrogen-bond donors (Lipinski definition) is 0. The first-order chi connectivity index (χ1) is 15.1. The first-order valence-corrected chi connectivity index (χ1v) is 11.4. The molecule has 0 aliphatic rings. The number of fused-ring (bicyclic) bond motifs is 3. The highest BCUT2D eigenvalue weighted by molar-refractivity contribution is 9.09. The molecule has 1 atom stereocenters. The van der Waals surface area contributed by atoms with Crippen molar-refractivity contribution >= 4 is 49.6 Å². The van der Waals surface area contributed by atoms with Crippen molar-refractivity contribution in [2.75, 3.05) is 26.0 Å². The lowest BCUT2D eigenvalue weighted by Gasteiger charge is -2.33. The number of halogens is 1. The molecule has 7 nitrogen and oxygen atoms in total. The quantitative estimate of drug-likeness (QED) is 0.267. The molecule has 2 aromatic carbocycles. The van der Waals surface area contributed by atoms with Gasteiger partial charge in [0.05, 0.1) is 30.5 Å². The van der Waals surface area contributed by atoms with E-state index in [0.29, 0.717) is 0 Å². The Morgan fingerprint density at radius 1 is 1.12 bits per heavy atom. The third kappa shape index (κ3) is 5.37. The zero-order valence-corrected chi connectivity index (χ0v) is 20.5. The molecule has 8 heteroatoms. The lowest BCUT2D eigenvalue weighted by atomic mass is 9.99. The molecule has 2 amide bonds. The molecule has 170 valence electrons. The van der Waals surface area contributed by atoms with Crippen molar-refractivity contribution in [3.8, 4) is 0 Å². The van der Waals surface area contributed by atoms with Gasteiger partial charge in [-0.1, -0.05) is 46.3 Å². The molecule has 0 radical (unpaired) electrons. The van der Waals surface area contributed by atoms with E-state index in [2.05, 4.69) is 20.9 Å². The van der Waals surface area contributed by atoms with Crippen LogP contribution >= 0.6 is 15.9 Å². The van der Waals surface area contributed by atoms with E-state index in [9.17, 15) is 9.59 Å². The average Bonchev–Trinajstić information content (AvgIpc) is 2.77. The SMILES string of the molecule is CON(CC(c1ccc2ncc3ccccc3c2c1)N(C)C(=O)CBr)C(=O)OC(C)(C)C. The topological polar surface area (TPSA) is 72.0 Å². The Hall–Kier alpha value is -2.71. The van der Waals surface area contributed by atoms with Crippen molar-refractivity contribution in [1.29, 1.82) is 0 Å². The van der Waals surface area contributed by atoms with E-state index >= 15 is 0 Å². The molecule has 0 fully saturated rings. The number of benzene rings is 2. The van der Waals surface area contributed by atoms with Crippen LogP contribution in [0.15, 0.2) is 48.7 Å². The second-order valence-electron chi connectivity index (χ2n) is 8.50. The van der Waals surface area contributed by atoms with Crippen LogP contribution in [-0.2, 0) is 14.4 Å². The number of rotatable bonds is 6. The van der Waals surface area contributed by atoms with E-state index < -0.39 is 17.7 Å². The lowest BCUT2D eigenvalue weighted by Crippen LogP contribution is -2.43. The van der Waals surface area contributed by atoms with Crippen LogP contribution in [0.1, 0.15) is 32.4 Å². The molecule has 0 bridgehead atoms. The van der Waals surface area contributed by atoms with Gasteiger partial charge in [0.1, 0.15) is 5.60 Å². The van der Waals surface area contributed by atoms with Gasteiger partial charge in [-0.05, 0) is 43.9 Å². The Balaban J connectivity index is 2.05.